The Morgan fingerprint density at radius 2 is 0.620 bits per heavy atom. The van der Waals surface area contributed by atoms with E-state index < -0.39 is 0 Å². The van der Waals surface area contributed by atoms with E-state index in [0.717, 1.165) is 10.9 Å². The van der Waals surface area contributed by atoms with Crippen molar-refractivity contribution in [1.29, 1.82) is 0 Å². The molecule has 1 aromatic heterocycles. The van der Waals surface area contributed by atoms with E-state index in [1.807, 2.05) is 0 Å². The van der Waals surface area contributed by atoms with Crippen LogP contribution in [0, 0.1) is 0 Å². The number of hydrogen-bond acceptors (Lipinski definition) is 1. The quantitative estimate of drug-likeness (QED) is 0.184. The van der Waals surface area contributed by atoms with Gasteiger partial charge in [0.15, 0.2) is 0 Å². The van der Waals surface area contributed by atoms with Gasteiger partial charge in [-0.25, -0.2) is 0 Å². The average molecular weight is 661 g/mol. The molecule has 0 fully saturated rings. The molecule has 258 valence electrons. The standard InChI is InChI=1S/C48H56N2/c1-45(2,3)35-22-14-31(15-23-35)40-39-30-49-50(13)44(39)43(34-20-28-38(29-21-34)48(10,11)12)42(33-18-26-37(27-19-33)47(7,8)9)41(40)32-16-24-36(25-17-32)46(4,5)6/h14-30H,1-13H3. The van der Waals surface area contributed by atoms with Crippen LogP contribution in [0.5, 0.6) is 0 Å². The highest BCUT2D eigenvalue weighted by Crippen LogP contribution is 2.51. The summed E-state index contributed by atoms with van der Waals surface area (Å²) < 4.78 is 2.08. The van der Waals surface area contributed by atoms with E-state index in [1.54, 1.807) is 0 Å². The fourth-order valence-electron chi connectivity index (χ4n) is 7.13. The van der Waals surface area contributed by atoms with Crippen molar-refractivity contribution in [2.24, 2.45) is 7.05 Å². The van der Waals surface area contributed by atoms with Crippen molar-refractivity contribution < 1.29 is 0 Å². The molecule has 6 aromatic rings. The second-order valence-electron chi connectivity index (χ2n) is 18.3. The van der Waals surface area contributed by atoms with Crippen molar-refractivity contribution in [2.45, 2.75) is 105 Å². The number of nitrogens with zero attached hydrogens (tertiary/aromatic N) is 2. The molecule has 50 heavy (non-hydrogen) atoms. The predicted octanol–water partition coefficient (Wildman–Crippen LogP) is 13.4. The van der Waals surface area contributed by atoms with E-state index in [9.17, 15) is 0 Å². The lowest BCUT2D eigenvalue weighted by Gasteiger charge is -2.26. The van der Waals surface area contributed by atoms with Gasteiger partial charge in [0.25, 0.3) is 0 Å². The summed E-state index contributed by atoms with van der Waals surface area (Å²) >= 11 is 0. The summed E-state index contributed by atoms with van der Waals surface area (Å²) in [6.45, 7) is 27.4. The Morgan fingerprint density at radius 3 is 0.920 bits per heavy atom. The second-order valence-corrected chi connectivity index (χ2v) is 18.3. The summed E-state index contributed by atoms with van der Waals surface area (Å²) in [6, 6.07) is 37.1. The van der Waals surface area contributed by atoms with E-state index >= 15 is 0 Å². The lowest BCUT2D eigenvalue weighted by atomic mass is 9.78. The molecule has 0 atom stereocenters. The first-order valence-electron chi connectivity index (χ1n) is 18.2. The van der Waals surface area contributed by atoms with Gasteiger partial charge in [-0.05, 0) is 71.7 Å². The molecule has 0 amide bonds. The maximum atomic E-state index is 4.96. The molecular formula is C48H56N2. The van der Waals surface area contributed by atoms with E-state index in [0.29, 0.717) is 0 Å². The van der Waals surface area contributed by atoms with Gasteiger partial charge in [0.1, 0.15) is 0 Å². The lowest BCUT2D eigenvalue weighted by Crippen LogP contribution is -2.11. The predicted molar refractivity (Wildman–Crippen MR) is 217 cm³/mol. The molecule has 0 saturated carbocycles. The van der Waals surface area contributed by atoms with Gasteiger partial charge in [0.05, 0.1) is 11.7 Å². The average Bonchev–Trinajstić information content (AvgIpc) is 3.43. The first kappa shape index (κ1) is 35.4. The summed E-state index contributed by atoms with van der Waals surface area (Å²) in [5.41, 5.74) is 16.4. The maximum absolute atomic E-state index is 4.96. The Bertz CT molecular complexity index is 2130. The van der Waals surface area contributed by atoms with Crippen LogP contribution in [0.25, 0.3) is 55.4 Å². The Hall–Kier alpha value is -4.43. The molecule has 0 bridgehead atoms. The van der Waals surface area contributed by atoms with Crippen molar-refractivity contribution in [2.75, 3.05) is 0 Å². The summed E-state index contributed by atoms with van der Waals surface area (Å²) in [4.78, 5) is 0. The van der Waals surface area contributed by atoms with Crippen LogP contribution in [0.2, 0.25) is 0 Å². The first-order chi connectivity index (χ1) is 23.2. The van der Waals surface area contributed by atoms with E-state index in [2.05, 4.69) is 198 Å². The van der Waals surface area contributed by atoms with Gasteiger partial charge < -0.3 is 0 Å². The van der Waals surface area contributed by atoms with Gasteiger partial charge in [-0.3, -0.25) is 4.68 Å². The van der Waals surface area contributed by atoms with Crippen molar-refractivity contribution in [3.63, 3.8) is 0 Å². The number of hydrogen-bond donors (Lipinski definition) is 0. The smallest absolute Gasteiger partial charge is 0.0770 e. The number of benzene rings is 5. The number of rotatable bonds is 4. The molecule has 5 aromatic carbocycles. The number of fused-ring (bicyclic) bond motifs is 1. The molecule has 0 unspecified atom stereocenters. The largest absolute Gasteiger partial charge is 0.267 e. The first-order valence-corrected chi connectivity index (χ1v) is 18.2. The van der Waals surface area contributed by atoms with Crippen LogP contribution in [0.3, 0.4) is 0 Å². The van der Waals surface area contributed by atoms with Crippen LogP contribution >= 0.6 is 0 Å². The third-order valence-corrected chi connectivity index (χ3v) is 10.4. The SMILES string of the molecule is Cn1ncc2c(-c3ccc(C(C)(C)C)cc3)c(-c3ccc(C(C)(C)C)cc3)c(-c3ccc(C(C)(C)C)cc3)c(-c3ccc(C(C)(C)C)cc3)c21. The summed E-state index contributed by atoms with van der Waals surface area (Å²) in [5.74, 6) is 0. The third-order valence-electron chi connectivity index (χ3n) is 10.4. The van der Waals surface area contributed by atoms with E-state index in [4.69, 9.17) is 5.10 Å². The number of aryl methyl sites for hydroxylation is 1. The molecule has 0 spiro atoms. The summed E-state index contributed by atoms with van der Waals surface area (Å²) in [5, 5.41) is 6.12. The highest BCUT2D eigenvalue weighted by Gasteiger charge is 2.28. The van der Waals surface area contributed by atoms with Crippen LogP contribution < -0.4 is 0 Å². The van der Waals surface area contributed by atoms with Crippen LogP contribution in [0.1, 0.15) is 105 Å². The Morgan fingerprint density at radius 1 is 0.360 bits per heavy atom. The molecule has 2 heteroatoms. The summed E-state index contributed by atoms with van der Waals surface area (Å²) in [7, 11) is 2.09. The lowest BCUT2D eigenvalue weighted by molar-refractivity contribution is 0.590. The van der Waals surface area contributed by atoms with Gasteiger partial charge in [-0.15, -0.1) is 0 Å². The zero-order chi connectivity index (χ0) is 36.4. The molecule has 0 saturated heterocycles. The highest BCUT2D eigenvalue weighted by atomic mass is 15.2. The molecule has 1 heterocycles. The van der Waals surface area contributed by atoms with Gasteiger partial charge in [-0.2, -0.15) is 5.10 Å². The second kappa shape index (κ2) is 12.4. The minimum absolute atomic E-state index is 0.0573. The summed E-state index contributed by atoms with van der Waals surface area (Å²) in [6.07, 6.45) is 2.08. The normalized spacial score (nSPS) is 12.9. The van der Waals surface area contributed by atoms with Crippen LogP contribution in [0.15, 0.2) is 103 Å². The molecule has 0 aliphatic heterocycles. The monoisotopic (exact) mass is 660 g/mol. The molecule has 0 aliphatic carbocycles. The van der Waals surface area contributed by atoms with E-state index in [-0.39, 0.29) is 21.7 Å². The van der Waals surface area contributed by atoms with E-state index in [1.165, 1.54) is 66.8 Å². The van der Waals surface area contributed by atoms with Gasteiger partial charge >= 0.3 is 0 Å². The minimum Gasteiger partial charge on any atom is -0.267 e. The van der Waals surface area contributed by atoms with Crippen molar-refractivity contribution >= 4 is 10.9 Å². The van der Waals surface area contributed by atoms with Crippen LogP contribution in [-0.2, 0) is 28.7 Å². The molecule has 6 rings (SSSR count). The van der Waals surface area contributed by atoms with Gasteiger partial charge in [0, 0.05) is 29.1 Å². The van der Waals surface area contributed by atoms with Crippen molar-refractivity contribution in [3.8, 4) is 44.5 Å². The molecule has 0 radical (unpaired) electrons. The third kappa shape index (κ3) is 6.70. The Balaban J connectivity index is 1.79. The zero-order valence-electron chi connectivity index (χ0n) is 32.7. The van der Waals surface area contributed by atoms with Gasteiger partial charge in [0.2, 0.25) is 0 Å². The molecule has 0 N–H and O–H groups in total. The Labute approximate surface area is 301 Å². The molecular weight excluding hydrogens is 605 g/mol. The van der Waals surface area contributed by atoms with Crippen molar-refractivity contribution in [3.05, 3.63) is 126 Å². The topological polar surface area (TPSA) is 17.8 Å². The Kier molecular flexibility index (Phi) is 8.79. The fourth-order valence-corrected chi connectivity index (χ4v) is 7.13. The maximum Gasteiger partial charge on any atom is 0.0770 e. The van der Waals surface area contributed by atoms with Crippen LogP contribution in [0.4, 0.5) is 0 Å². The number of aromatic nitrogens is 2. The van der Waals surface area contributed by atoms with Gasteiger partial charge in [-0.1, -0.05) is 180 Å². The minimum atomic E-state index is 0.0573. The van der Waals surface area contributed by atoms with Crippen LogP contribution in [-0.4, -0.2) is 9.78 Å². The molecule has 0 aliphatic rings. The molecule has 2 nitrogen and oxygen atoms in total. The zero-order valence-corrected chi connectivity index (χ0v) is 32.7. The fraction of sp³-hybridized carbons (Fsp3) is 0.354. The highest BCUT2D eigenvalue weighted by molar-refractivity contribution is 6.17. The van der Waals surface area contributed by atoms with Crippen molar-refractivity contribution in [1.82, 2.24) is 9.78 Å².